The number of carbonyl (C=O) groups excluding carboxylic acids is 1. The van der Waals surface area contributed by atoms with Crippen molar-refractivity contribution < 1.29 is 4.79 Å². The zero-order chi connectivity index (χ0) is 9.52. The Balaban J connectivity index is 2.08. The van der Waals surface area contributed by atoms with Gasteiger partial charge < -0.3 is 0 Å². The fraction of sp³-hybridized carbons (Fsp3) is 0.917. The molecule has 0 amide bonds. The summed E-state index contributed by atoms with van der Waals surface area (Å²) < 4.78 is 0. The highest BCUT2D eigenvalue weighted by Gasteiger charge is 2.20. The summed E-state index contributed by atoms with van der Waals surface area (Å²) in [5.74, 6) is 0.980. The molecule has 0 spiro atoms. The molecule has 0 radical (unpaired) electrons. The number of hydrogen-bond acceptors (Lipinski definition) is 1. The van der Waals surface area contributed by atoms with Crippen LogP contribution < -0.4 is 0 Å². The van der Waals surface area contributed by atoms with Crippen LogP contribution in [0.2, 0.25) is 0 Å². The number of Topliss-reactive ketones (excluding diaryl/α,β-unsaturated/α-hetero) is 1. The third-order valence-corrected chi connectivity index (χ3v) is 3.09. The summed E-state index contributed by atoms with van der Waals surface area (Å²) in [5.41, 5.74) is 0. The molecule has 0 N–H and O–H groups in total. The molecule has 0 bridgehead atoms. The molecule has 0 unspecified atom stereocenters. The van der Waals surface area contributed by atoms with Crippen molar-refractivity contribution in [3.8, 4) is 0 Å². The van der Waals surface area contributed by atoms with Crippen LogP contribution in [-0.2, 0) is 4.79 Å². The van der Waals surface area contributed by atoms with E-state index in [0.717, 1.165) is 12.8 Å². The van der Waals surface area contributed by atoms with Crippen LogP contribution in [-0.4, -0.2) is 5.78 Å². The van der Waals surface area contributed by atoms with Crippen molar-refractivity contribution in [2.75, 3.05) is 0 Å². The van der Waals surface area contributed by atoms with Gasteiger partial charge in [-0.15, -0.1) is 0 Å². The number of rotatable bonds is 5. The molecule has 0 aromatic rings. The molecule has 1 saturated carbocycles. The third kappa shape index (κ3) is 3.93. The molecule has 0 aromatic carbocycles. The summed E-state index contributed by atoms with van der Waals surface area (Å²) in [5, 5.41) is 0. The van der Waals surface area contributed by atoms with E-state index < -0.39 is 0 Å². The molecule has 1 rings (SSSR count). The number of hydrogen-bond donors (Lipinski definition) is 0. The lowest BCUT2D eigenvalue weighted by atomic mass is 9.84. The molecule has 1 heteroatoms. The first-order valence-corrected chi connectivity index (χ1v) is 5.87. The quantitative estimate of drug-likeness (QED) is 0.592. The molecular weight excluding hydrogens is 160 g/mol. The van der Waals surface area contributed by atoms with Gasteiger partial charge in [0.1, 0.15) is 5.78 Å². The molecule has 1 atom stereocenters. The van der Waals surface area contributed by atoms with Crippen molar-refractivity contribution in [1.82, 2.24) is 0 Å². The van der Waals surface area contributed by atoms with Gasteiger partial charge in [-0.25, -0.2) is 0 Å². The first-order chi connectivity index (χ1) is 6.34. The average Bonchev–Trinajstić information content (AvgIpc) is 2.15. The van der Waals surface area contributed by atoms with E-state index in [-0.39, 0.29) is 0 Å². The predicted molar refractivity (Wildman–Crippen MR) is 55.7 cm³/mol. The van der Waals surface area contributed by atoms with Gasteiger partial charge >= 0.3 is 0 Å². The summed E-state index contributed by atoms with van der Waals surface area (Å²) in [4.78, 5) is 11.5. The summed E-state index contributed by atoms with van der Waals surface area (Å²) >= 11 is 0. The fourth-order valence-corrected chi connectivity index (χ4v) is 2.18. The maximum atomic E-state index is 11.5. The molecule has 0 heterocycles. The Morgan fingerprint density at radius 1 is 1.23 bits per heavy atom. The lowest BCUT2D eigenvalue weighted by molar-refractivity contribution is -0.124. The summed E-state index contributed by atoms with van der Waals surface area (Å²) in [6.07, 6.45) is 10.8. The molecule has 1 aliphatic carbocycles. The molecule has 1 nitrogen and oxygen atoms in total. The Morgan fingerprint density at radius 2 is 2.08 bits per heavy atom. The van der Waals surface area contributed by atoms with Crippen LogP contribution in [0, 0.1) is 5.92 Å². The molecule has 1 aliphatic rings. The van der Waals surface area contributed by atoms with Gasteiger partial charge in [0.25, 0.3) is 0 Å². The summed E-state index contributed by atoms with van der Waals surface area (Å²) in [6.45, 7) is 2.23. The molecule has 1 fully saturated rings. The van der Waals surface area contributed by atoms with E-state index in [0.29, 0.717) is 11.7 Å². The van der Waals surface area contributed by atoms with E-state index >= 15 is 0 Å². The standard InChI is InChI=1S/C12H22O/c1-2-3-4-5-8-11-9-6-7-10-12(11)13/h11H,2-10H2,1H3/t11-/m1/s1. The van der Waals surface area contributed by atoms with Gasteiger partial charge in [-0.3, -0.25) is 4.79 Å². The minimum absolute atomic E-state index is 0.436. The van der Waals surface area contributed by atoms with Gasteiger partial charge in [0.15, 0.2) is 0 Å². The summed E-state index contributed by atoms with van der Waals surface area (Å²) in [6, 6.07) is 0. The van der Waals surface area contributed by atoms with Gasteiger partial charge in [0, 0.05) is 12.3 Å². The zero-order valence-corrected chi connectivity index (χ0v) is 8.85. The minimum atomic E-state index is 0.436. The molecule has 0 aromatic heterocycles. The fourth-order valence-electron chi connectivity index (χ4n) is 2.18. The maximum Gasteiger partial charge on any atom is 0.135 e. The number of ketones is 1. The highest BCUT2D eigenvalue weighted by molar-refractivity contribution is 5.81. The van der Waals surface area contributed by atoms with Crippen LogP contribution in [0.1, 0.15) is 64.7 Å². The predicted octanol–water partition coefficient (Wildman–Crippen LogP) is 3.72. The lowest BCUT2D eigenvalue weighted by Gasteiger charge is -2.19. The van der Waals surface area contributed by atoms with E-state index in [4.69, 9.17) is 0 Å². The second kappa shape index (κ2) is 6.17. The SMILES string of the molecule is CCCCCC[C@@H]1CCCCC1=O. The first-order valence-electron chi connectivity index (χ1n) is 5.87. The van der Waals surface area contributed by atoms with Crippen LogP contribution in [0.15, 0.2) is 0 Å². The maximum absolute atomic E-state index is 11.5. The van der Waals surface area contributed by atoms with Crippen molar-refractivity contribution in [2.24, 2.45) is 5.92 Å². The molecule has 0 saturated heterocycles. The highest BCUT2D eigenvalue weighted by atomic mass is 16.1. The first kappa shape index (κ1) is 10.7. The van der Waals surface area contributed by atoms with Gasteiger partial charge in [-0.1, -0.05) is 39.0 Å². The Kier molecular flexibility index (Phi) is 5.10. The second-order valence-corrected chi connectivity index (χ2v) is 4.26. The molecular formula is C12H22O. The van der Waals surface area contributed by atoms with Crippen LogP contribution in [0.5, 0.6) is 0 Å². The largest absolute Gasteiger partial charge is 0.299 e. The van der Waals surface area contributed by atoms with E-state index in [9.17, 15) is 4.79 Å². The van der Waals surface area contributed by atoms with Gasteiger partial charge in [-0.2, -0.15) is 0 Å². The smallest absolute Gasteiger partial charge is 0.135 e. The molecule has 76 valence electrons. The Bertz CT molecular complexity index is 151. The van der Waals surface area contributed by atoms with Gasteiger partial charge in [0.05, 0.1) is 0 Å². The Morgan fingerprint density at radius 3 is 2.77 bits per heavy atom. The van der Waals surface area contributed by atoms with E-state index in [1.165, 1.54) is 44.9 Å². The molecule has 0 aliphatic heterocycles. The number of unbranched alkanes of at least 4 members (excludes halogenated alkanes) is 3. The van der Waals surface area contributed by atoms with Crippen molar-refractivity contribution in [3.63, 3.8) is 0 Å². The zero-order valence-electron chi connectivity index (χ0n) is 8.85. The van der Waals surface area contributed by atoms with Crippen LogP contribution in [0.25, 0.3) is 0 Å². The second-order valence-electron chi connectivity index (χ2n) is 4.26. The average molecular weight is 182 g/mol. The van der Waals surface area contributed by atoms with Crippen molar-refractivity contribution >= 4 is 5.78 Å². The lowest BCUT2D eigenvalue weighted by Crippen LogP contribution is -2.18. The van der Waals surface area contributed by atoms with Crippen LogP contribution >= 0.6 is 0 Å². The highest BCUT2D eigenvalue weighted by Crippen LogP contribution is 2.25. The Hall–Kier alpha value is -0.330. The third-order valence-electron chi connectivity index (χ3n) is 3.09. The topological polar surface area (TPSA) is 17.1 Å². The number of carbonyl (C=O) groups is 1. The van der Waals surface area contributed by atoms with E-state index in [2.05, 4.69) is 6.92 Å². The van der Waals surface area contributed by atoms with Gasteiger partial charge in [-0.05, 0) is 19.3 Å². The van der Waals surface area contributed by atoms with Crippen molar-refractivity contribution in [1.29, 1.82) is 0 Å². The van der Waals surface area contributed by atoms with Crippen LogP contribution in [0.4, 0.5) is 0 Å². The monoisotopic (exact) mass is 182 g/mol. The Labute approximate surface area is 81.9 Å². The summed E-state index contributed by atoms with van der Waals surface area (Å²) in [7, 11) is 0. The minimum Gasteiger partial charge on any atom is -0.299 e. The molecule has 13 heavy (non-hydrogen) atoms. The van der Waals surface area contributed by atoms with E-state index in [1.807, 2.05) is 0 Å². The van der Waals surface area contributed by atoms with Crippen LogP contribution in [0.3, 0.4) is 0 Å². The van der Waals surface area contributed by atoms with Crippen molar-refractivity contribution in [3.05, 3.63) is 0 Å². The van der Waals surface area contributed by atoms with E-state index in [1.54, 1.807) is 0 Å². The van der Waals surface area contributed by atoms with Gasteiger partial charge in [0.2, 0.25) is 0 Å². The van der Waals surface area contributed by atoms with Crippen molar-refractivity contribution in [2.45, 2.75) is 64.7 Å². The normalized spacial score (nSPS) is 23.5.